The predicted octanol–water partition coefficient (Wildman–Crippen LogP) is 1.54. The van der Waals surface area contributed by atoms with Gasteiger partial charge in [0.05, 0.1) is 12.8 Å². The van der Waals surface area contributed by atoms with Gasteiger partial charge in [-0.05, 0) is 20.8 Å². The van der Waals surface area contributed by atoms with E-state index >= 15 is 0 Å². The van der Waals surface area contributed by atoms with Crippen LogP contribution < -0.4 is 0 Å². The number of nitrogens with zero attached hydrogens (tertiary/aromatic N) is 1. The summed E-state index contributed by atoms with van der Waals surface area (Å²) in [4.78, 5) is 28.9. The third kappa shape index (κ3) is 3.48. The normalized spacial score (nSPS) is 11.2. The van der Waals surface area contributed by atoms with Gasteiger partial charge in [-0.1, -0.05) is 11.8 Å². The maximum absolute atomic E-state index is 11.3. The van der Waals surface area contributed by atoms with Crippen LogP contribution in [-0.4, -0.2) is 38.4 Å². The van der Waals surface area contributed by atoms with Crippen molar-refractivity contribution in [3.63, 3.8) is 0 Å². The number of esters is 1. The molecule has 0 aliphatic heterocycles. The maximum atomic E-state index is 11.3. The molecule has 0 amide bonds. The molecule has 0 radical (unpaired) electrons. The average molecular weight is 258 g/mol. The summed E-state index contributed by atoms with van der Waals surface area (Å²) in [6.07, 6.45) is 1.33. The summed E-state index contributed by atoms with van der Waals surface area (Å²) in [5.74, 6) is -1.45. The summed E-state index contributed by atoms with van der Waals surface area (Å²) < 4.78 is 3.77. The number of imidazole rings is 1. The highest BCUT2D eigenvalue weighted by Gasteiger charge is 2.30. The van der Waals surface area contributed by atoms with Gasteiger partial charge in [0.2, 0.25) is 0 Å². The van der Waals surface area contributed by atoms with E-state index in [0.29, 0.717) is 5.16 Å². The van der Waals surface area contributed by atoms with Crippen LogP contribution in [0.15, 0.2) is 11.4 Å². The number of nitrogens with one attached hydrogen (secondary N) is 1. The Hall–Kier alpha value is -1.50. The van der Waals surface area contributed by atoms with Gasteiger partial charge in [0, 0.05) is 0 Å². The van der Waals surface area contributed by atoms with Gasteiger partial charge in [0.15, 0.2) is 5.16 Å². The summed E-state index contributed by atoms with van der Waals surface area (Å²) in [5.41, 5.74) is 0.218. The molecule has 0 saturated carbocycles. The molecule has 0 bridgehead atoms. The van der Waals surface area contributed by atoms with Crippen molar-refractivity contribution in [1.29, 1.82) is 0 Å². The molecule has 94 valence electrons. The van der Waals surface area contributed by atoms with E-state index in [1.807, 2.05) is 0 Å². The lowest BCUT2D eigenvalue weighted by atomic mass is 10.2. The highest BCUT2D eigenvalue weighted by Crippen LogP contribution is 2.30. The molecule has 2 N–H and O–H groups in total. The topological polar surface area (TPSA) is 92.3 Å². The number of ether oxygens (including phenoxy) is 1. The number of aliphatic carboxylic acids is 1. The molecule has 1 heterocycles. The van der Waals surface area contributed by atoms with E-state index in [4.69, 9.17) is 9.84 Å². The van der Waals surface area contributed by atoms with E-state index in [-0.39, 0.29) is 12.3 Å². The molecule has 0 fully saturated rings. The number of H-pyrrole nitrogens is 1. The summed E-state index contributed by atoms with van der Waals surface area (Å²) in [5, 5.41) is 9.32. The van der Waals surface area contributed by atoms with Gasteiger partial charge in [-0.3, -0.25) is 4.79 Å². The largest absolute Gasteiger partial charge is 0.480 e. The number of aromatic nitrogens is 2. The van der Waals surface area contributed by atoms with Crippen LogP contribution in [0.25, 0.3) is 0 Å². The highest BCUT2D eigenvalue weighted by atomic mass is 32.2. The lowest BCUT2D eigenvalue weighted by molar-refractivity contribution is -0.138. The minimum absolute atomic E-state index is 0.218. The van der Waals surface area contributed by atoms with Crippen LogP contribution in [0.2, 0.25) is 0 Å². The molecule has 1 aromatic rings. The van der Waals surface area contributed by atoms with Crippen LogP contribution >= 0.6 is 11.8 Å². The van der Waals surface area contributed by atoms with E-state index in [2.05, 4.69) is 9.97 Å². The van der Waals surface area contributed by atoms with Crippen LogP contribution in [0.1, 0.15) is 31.3 Å². The fraction of sp³-hybridized carbons (Fsp3) is 0.500. The Morgan fingerprint density at radius 1 is 1.59 bits per heavy atom. The number of aromatic amines is 1. The quantitative estimate of drug-likeness (QED) is 0.614. The molecule has 6 nitrogen and oxygen atoms in total. The molecule has 0 saturated heterocycles. The van der Waals surface area contributed by atoms with Crippen LogP contribution in [0.3, 0.4) is 0 Å². The Morgan fingerprint density at radius 3 is 2.76 bits per heavy atom. The minimum atomic E-state index is -1.01. The number of rotatable bonds is 5. The van der Waals surface area contributed by atoms with E-state index < -0.39 is 16.7 Å². The first-order valence-electron chi connectivity index (χ1n) is 5.01. The number of thioether (sulfide) groups is 1. The van der Waals surface area contributed by atoms with E-state index in [9.17, 15) is 9.59 Å². The average Bonchev–Trinajstić information content (AvgIpc) is 2.65. The fourth-order valence-electron chi connectivity index (χ4n) is 0.953. The summed E-state index contributed by atoms with van der Waals surface area (Å²) in [7, 11) is 0. The molecule has 17 heavy (non-hydrogen) atoms. The zero-order valence-electron chi connectivity index (χ0n) is 9.81. The minimum Gasteiger partial charge on any atom is -0.480 e. The molecule has 0 aromatic carbocycles. The lowest BCUT2D eigenvalue weighted by Crippen LogP contribution is -2.27. The van der Waals surface area contributed by atoms with Crippen molar-refractivity contribution >= 4 is 23.7 Å². The molecule has 0 aliphatic rings. The molecular weight excluding hydrogens is 244 g/mol. The SMILES string of the molecule is CCOC(=O)c1cnc(SC(C)(C)C(=O)O)[nH]1. The van der Waals surface area contributed by atoms with Gasteiger partial charge in [0.25, 0.3) is 0 Å². The summed E-state index contributed by atoms with van der Waals surface area (Å²) in [6, 6.07) is 0. The van der Waals surface area contributed by atoms with Crippen LogP contribution in [0.5, 0.6) is 0 Å². The van der Waals surface area contributed by atoms with Crippen molar-refractivity contribution in [3.8, 4) is 0 Å². The highest BCUT2D eigenvalue weighted by molar-refractivity contribution is 8.01. The first-order valence-corrected chi connectivity index (χ1v) is 5.83. The number of carbonyl (C=O) groups is 2. The third-order valence-corrected chi connectivity index (χ3v) is 3.00. The van der Waals surface area contributed by atoms with E-state index in [0.717, 1.165) is 11.8 Å². The van der Waals surface area contributed by atoms with Gasteiger partial charge >= 0.3 is 11.9 Å². The first kappa shape index (κ1) is 13.6. The summed E-state index contributed by atoms with van der Waals surface area (Å²) in [6.45, 7) is 5.11. The van der Waals surface area contributed by atoms with Crippen molar-refractivity contribution in [2.45, 2.75) is 30.7 Å². The monoisotopic (exact) mass is 258 g/mol. The Morgan fingerprint density at radius 2 is 2.24 bits per heavy atom. The number of carbonyl (C=O) groups excluding carboxylic acids is 1. The zero-order valence-corrected chi connectivity index (χ0v) is 10.6. The van der Waals surface area contributed by atoms with Crippen molar-refractivity contribution < 1.29 is 19.4 Å². The second kappa shape index (κ2) is 5.22. The molecule has 0 atom stereocenters. The van der Waals surface area contributed by atoms with Gasteiger partial charge in [-0.2, -0.15) is 0 Å². The second-order valence-electron chi connectivity index (χ2n) is 3.74. The first-order chi connectivity index (χ1) is 7.86. The Balaban J connectivity index is 2.75. The second-order valence-corrected chi connectivity index (χ2v) is 5.35. The molecule has 0 spiro atoms. The molecular formula is C10H14N2O4S. The number of carboxylic acids is 1. The smallest absolute Gasteiger partial charge is 0.356 e. The van der Waals surface area contributed by atoms with Crippen molar-refractivity contribution in [1.82, 2.24) is 9.97 Å². The molecule has 7 heteroatoms. The maximum Gasteiger partial charge on any atom is 0.356 e. The lowest BCUT2D eigenvalue weighted by Gasteiger charge is -2.15. The predicted molar refractivity (Wildman–Crippen MR) is 62.1 cm³/mol. The molecule has 0 unspecified atom stereocenters. The summed E-state index contributed by atoms with van der Waals surface area (Å²) >= 11 is 1.04. The Bertz CT molecular complexity index is 428. The zero-order chi connectivity index (χ0) is 13.1. The van der Waals surface area contributed by atoms with E-state index in [1.165, 1.54) is 6.20 Å². The van der Waals surface area contributed by atoms with Crippen molar-refractivity contribution in [2.24, 2.45) is 0 Å². The van der Waals surface area contributed by atoms with Crippen LogP contribution in [-0.2, 0) is 9.53 Å². The Kier molecular flexibility index (Phi) is 4.17. The number of hydrogen-bond acceptors (Lipinski definition) is 5. The Labute approximate surface area is 103 Å². The fourth-order valence-corrected chi connectivity index (χ4v) is 1.79. The van der Waals surface area contributed by atoms with Gasteiger partial charge in [0.1, 0.15) is 10.4 Å². The van der Waals surface area contributed by atoms with Crippen LogP contribution in [0.4, 0.5) is 0 Å². The molecule has 1 rings (SSSR count). The van der Waals surface area contributed by atoms with Crippen LogP contribution in [0, 0.1) is 0 Å². The standard InChI is InChI=1S/C10H14N2O4S/c1-4-16-7(13)6-5-11-9(12-6)17-10(2,3)8(14)15/h5H,4H2,1-3H3,(H,11,12)(H,14,15). The van der Waals surface area contributed by atoms with Gasteiger partial charge in [-0.15, -0.1) is 0 Å². The van der Waals surface area contributed by atoms with Crippen molar-refractivity contribution in [2.75, 3.05) is 6.61 Å². The molecule has 1 aromatic heterocycles. The number of hydrogen-bond donors (Lipinski definition) is 2. The third-order valence-electron chi connectivity index (χ3n) is 1.91. The van der Waals surface area contributed by atoms with E-state index in [1.54, 1.807) is 20.8 Å². The van der Waals surface area contributed by atoms with Crippen molar-refractivity contribution in [3.05, 3.63) is 11.9 Å². The molecule has 0 aliphatic carbocycles. The van der Waals surface area contributed by atoms with Gasteiger partial charge < -0.3 is 14.8 Å². The van der Waals surface area contributed by atoms with Gasteiger partial charge in [-0.25, -0.2) is 9.78 Å². The number of carboxylic acid groups (broad SMARTS) is 1.